The maximum absolute atomic E-state index is 10.9. The summed E-state index contributed by atoms with van der Waals surface area (Å²) in [6.07, 6.45) is 4.15. The lowest BCUT2D eigenvalue weighted by Crippen LogP contribution is -2.18. The highest BCUT2D eigenvalue weighted by molar-refractivity contribution is 7.17. The normalized spacial score (nSPS) is 23.3. The van der Waals surface area contributed by atoms with E-state index in [1.165, 1.54) is 4.70 Å². The first kappa shape index (κ1) is 11.5. The molecule has 0 amide bonds. The van der Waals surface area contributed by atoms with E-state index in [2.05, 4.69) is 16.4 Å². The molecule has 18 heavy (non-hydrogen) atoms. The van der Waals surface area contributed by atoms with Gasteiger partial charge in [0.25, 0.3) is 0 Å². The maximum atomic E-state index is 10.9. The first-order valence-electron chi connectivity index (χ1n) is 6.05. The van der Waals surface area contributed by atoms with Gasteiger partial charge in [0.15, 0.2) is 0 Å². The second kappa shape index (κ2) is 4.57. The van der Waals surface area contributed by atoms with Crippen LogP contribution in [0.1, 0.15) is 19.3 Å². The zero-order chi connectivity index (χ0) is 12.5. The molecule has 0 bridgehead atoms. The molecule has 2 N–H and O–H groups in total. The van der Waals surface area contributed by atoms with E-state index >= 15 is 0 Å². The summed E-state index contributed by atoms with van der Waals surface area (Å²) in [5, 5.41) is 15.6. The van der Waals surface area contributed by atoms with Crippen LogP contribution in [-0.4, -0.2) is 22.1 Å². The molecule has 1 aliphatic rings. The molecule has 2 heterocycles. The number of carboxylic acids is 1. The SMILES string of the molecule is O=C(O)[C@@H]1CC[C@H](Nc2nccc3sccc23)C1. The number of hydrogen-bond donors (Lipinski definition) is 2. The molecule has 0 radical (unpaired) electrons. The lowest BCUT2D eigenvalue weighted by molar-refractivity contribution is -0.141. The van der Waals surface area contributed by atoms with Crippen molar-refractivity contribution >= 4 is 33.2 Å². The number of anilines is 1. The van der Waals surface area contributed by atoms with Crippen molar-refractivity contribution < 1.29 is 9.90 Å². The van der Waals surface area contributed by atoms with Crippen LogP contribution in [0.3, 0.4) is 0 Å². The van der Waals surface area contributed by atoms with Crippen molar-refractivity contribution in [3.05, 3.63) is 23.7 Å². The van der Waals surface area contributed by atoms with Gasteiger partial charge in [-0.05, 0) is 36.8 Å². The molecule has 0 aliphatic heterocycles. The van der Waals surface area contributed by atoms with Gasteiger partial charge in [0.1, 0.15) is 5.82 Å². The largest absolute Gasteiger partial charge is 0.481 e. The van der Waals surface area contributed by atoms with Crippen LogP contribution in [0.15, 0.2) is 23.7 Å². The van der Waals surface area contributed by atoms with Crippen LogP contribution in [0.5, 0.6) is 0 Å². The van der Waals surface area contributed by atoms with Gasteiger partial charge in [0.05, 0.1) is 5.92 Å². The molecule has 2 atom stereocenters. The van der Waals surface area contributed by atoms with Crippen LogP contribution in [0.25, 0.3) is 10.1 Å². The molecule has 1 aliphatic carbocycles. The molecule has 0 saturated heterocycles. The minimum absolute atomic E-state index is 0.204. The Bertz CT molecular complexity index is 581. The second-order valence-electron chi connectivity index (χ2n) is 4.68. The number of rotatable bonds is 3. The Kier molecular flexibility index (Phi) is 2.91. The number of hydrogen-bond acceptors (Lipinski definition) is 4. The lowest BCUT2D eigenvalue weighted by atomic mass is 10.1. The summed E-state index contributed by atoms with van der Waals surface area (Å²) >= 11 is 1.69. The van der Waals surface area contributed by atoms with Crippen LogP contribution in [0.4, 0.5) is 5.82 Å². The third-order valence-corrected chi connectivity index (χ3v) is 4.38. The highest BCUT2D eigenvalue weighted by Gasteiger charge is 2.29. The monoisotopic (exact) mass is 262 g/mol. The molecule has 5 heteroatoms. The highest BCUT2D eigenvalue weighted by Crippen LogP contribution is 2.31. The maximum Gasteiger partial charge on any atom is 0.306 e. The number of nitrogens with zero attached hydrogens (tertiary/aromatic N) is 1. The first-order valence-corrected chi connectivity index (χ1v) is 6.93. The van der Waals surface area contributed by atoms with Gasteiger partial charge in [0, 0.05) is 22.3 Å². The molecule has 1 saturated carbocycles. The number of pyridine rings is 1. The molecule has 1 fully saturated rings. The van der Waals surface area contributed by atoms with Crippen molar-refractivity contribution in [1.29, 1.82) is 0 Å². The Morgan fingerprint density at radius 1 is 1.44 bits per heavy atom. The zero-order valence-corrected chi connectivity index (χ0v) is 10.6. The van der Waals surface area contributed by atoms with Gasteiger partial charge in [-0.3, -0.25) is 4.79 Å². The fraction of sp³-hybridized carbons (Fsp3) is 0.385. The van der Waals surface area contributed by atoms with E-state index in [4.69, 9.17) is 5.11 Å². The van der Waals surface area contributed by atoms with E-state index in [-0.39, 0.29) is 12.0 Å². The standard InChI is InChI=1S/C13H14N2O2S/c16-13(17)8-1-2-9(7-8)15-12-10-4-6-18-11(10)3-5-14-12/h3-6,8-9H,1-2,7H2,(H,14,15)(H,16,17)/t8-,9+/m1/s1. The molecular weight excluding hydrogens is 248 g/mol. The number of carboxylic acid groups (broad SMARTS) is 1. The topological polar surface area (TPSA) is 62.2 Å². The summed E-state index contributed by atoms with van der Waals surface area (Å²) in [4.78, 5) is 15.3. The molecule has 4 nitrogen and oxygen atoms in total. The number of carbonyl (C=O) groups is 1. The predicted octanol–water partition coefficient (Wildman–Crippen LogP) is 2.96. The minimum Gasteiger partial charge on any atom is -0.481 e. The van der Waals surface area contributed by atoms with E-state index in [1.807, 2.05) is 11.4 Å². The number of nitrogens with one attached hydrogen (secondary N) is 1. The molecule has 2 aromatic heterocycles. The summed E-state index contributed by atoms with van der Waals surface area (Å²) in [6, 6.07) is 4.28. The van der Waals surface area contributed by atoms with E-state index in [0.717, 1.165) is 24.0 Å². The van der Waals surface area contributed by atoms with Crippen molar-refractivity contribution in [2.75, 3.05) is 5.32 Å². The van der Waals surface area contributed by atoms with Gasteiger partial charge < -0.3 is 10.4 Å². The first-order chi connectivity index (χ1) is 8.74. The summed E-state index contributed by atoms with van der Waals surface area (Å²) in [5.41, 5.74) is 0. The van der Waals surface area contributed by atoms with Crippen LogP contribution >= 0.6 is 11.3 Å². The smallest absolute Gasteiger partial charge is 0.306 e. The predicted molar refractivity (Wildman–Crippen MR) is 72.0 cm³/mol. The summed E-state index contributed by atoms with van der Waals surface area (Å²) in [6.45, 7) is 0. The molecule has 2 aromatic rings. The number of thiophene rings is 1. The van der Waals surface area contributed by atoms with Gasteiger partial charge in [-0.1, -0.05) is 0 Å². The van der Waals surface area contributed by atoms with E-state index in [9.17, 15) is 4.79 Å². The summed E-state index contributed by atoms with van der Waals surface area (Å²) in [7, 11) is 0. The third kappa shape index (κ3) is 2.06. The average Bonchev–Trinajstić information content (AvgIpc) is 2.97. The minimum atomic E-state index is -0.680. The molecular formula is C13H14N2O2S. The lowest BCUT2D eigenvalue weighted by Gasteiger charge is -2.13. The van der Waals surface area contributed by atoms with Crippen molar-refractivity contribution in [2.45, 2.75) is 25.3 Å². The fourth-order valence-corrected chi connectivity index (χ4v) is 3.32. The second-order valence-corrected chi connectivity index (χ2v) is 5.63. The highest BCUT2D eigenvalue weighted by atomic mass is 32.1. The third-order valence-electron chi connectivity index (χ3n) is 3.50. The zero-order valence-electron chi connectivity index (χ0n) is 9.80. The average molecular weight is 262 g/mol. The Morgan fingerprint density at radius 3 is 3.11 bits per heavy atom. The number of aliphatic carboxylic acids is 1. The fourth-order valence-electron chi connectivity index (χ4n) is 2.54. The van der Waals surface area contributed by atoms with Crippen LogP contribution in [0, 0.1) is 5.92 Å². The molecule has 0 unspecified atom stereocenters. The van der Waals surface area contributed by atoms with Crippen molar-refractivity contribution in [3.63, 3.8) is 0 Å². The van der Waals surface area contributed by atoms with E-state index < -0.39 is 5.97 Å². The molecule has 94 valence electrons. The van der Waals surface area contributed by atoms with E-state index in [1.54, 1.807) is 17.5 Å². The summed E-state index contributed by atoms with van der Waals surface area (Å²) < 4.78 is 1.21. The van der Waals surface area contributed by atoms with Gasteiger partial charge in [0.2, 0.25) is 0 Å². The Balaban J connectivity index is 1.77. The van der Waals surface area contributed by atoms with Crippen molar-refractivity contribution in [3.8, 4) is 0 Å². The van der Waals surface area contributed by atoms with Gasteiger partial charge in [-0.25, -0.2) is 4.98 Å². The number of fused-ring (bicyclic) bond motifs is 1. The van der Waals surface area contributed by atoms with Gasteiger partial charge >= 0.3 is 5.97 Å². The molecule has 3 rings (SSSR count). The number of aromatic nitrogens is 1. The van der Waals surface area contributed by atoms with Gasteiger partial charge in [-0.15, -0.1) is 11.3 Å². The van der Waals surface area contributed by atoms with Crippen molar-refractivity contribution in [1.82, 2.24) is 4.98 Å². The van der Waals surface area contributed by atoms with Crippen LogP contribution in [0.2, 0.25) is 0 Å². The molecule has 0 spiro atoms. The van der Waals surface area contributed by atoms with Gasteiger partial charge in [-0.2, -0.15) is 0 Å². The Morgan fingerprint density at radius 2 is 2.33 bits per heavy atom. The summed E-state index contributed by atoms with van der Waals surface area (Å²) in [5.74, 6) is -0.00466. The Hall–Kier alpha value is -1.62. The Labute approximate surface area is 109 Å². The quantitative estimate of drug-likeness (QED) is 0.892. The van der Waals surface area contributed by atoms with Crippen LogP contribution in [-0.2, 0) is 4.79 Å². The van der Waals surface area contributed by atoms with Crippen LogP contribution < -0.4 is 5.32 Å². The molecule has 0 aromatic carbocycles. The van der Waals surface area contributed by atoms with E-state index in [0.29, 0.717) is 6.42 Å². The van der Waals surface area contributed by atoms with Crippen molar-refractivity contribution in [2.24, 2.45) is 5.92 Å².